The van der Waals surface area contributed by atoms with Crippen LogP contribution in [0.15, 0.2) is 18.2 Å². The van der Waals surface area contributed by atoms with Crippen LogP contribution in [0.3, 0.4) is 0 Å². The quantitative estimate of drug-likeness (QED) is 0.669. The van der Waals surface area contributed by atoms with Crippen LogP contribution in [0.4, 0.5) is 24.5 Å². The molecule has 0 spiro atoms. The fraction of sp³-hybridized carbons (Fsp3) is 0.538. The van der Waals surface area contributed by atoms with Crippen molar-refractivity contribution in [2.75, 3.05) is 18.0 Å². The summed E-state index contributed by atoms with van der Waals surface area (Å²) in [6.45, 7) is 5.10. The van der Waals surface area contributed by atoms with E-state index in [4.69, 9.17) is 0 Å². The monoisotopic (exact) mass is 304 g/mol. The Morgan fingerprint density at radius 3 is 2.33 bits per heavy atom. The highest BCUT2D eigenvalue weighted by atomic mass is 19.4. The van der Waals surface area contributed by atoms with Gasteiger partial charge in [0.15, 0.2) is 0 Å². The molecular weight excluding hydrogens is 287 g/mol. The zero-order chi connectivity index (χ0) is 15.8. The average molecular weight is 304 g/mol. The number of halogens is 3. The summed E-state index contributed by atoms with van der Waals surface area (Å²) in [7, 11) is 0. The summed E-state index contributed by atoms with van der Waals surface area (Å²) in [6.07, 6.45) is -4.58. The summed E-state index contributed by atoms with van der Waals surface area (Å²) in [4.78, 5) is 12.1. The molecule has 1 aromatic rings. The molecule has 0 saturated carbocycles. The Balaban J connectivity index is 2.41. The molecule has 0 radical (unpaired) electrons. The van der Waals surface area contributed by atoms with E-state index in [-0.39, 0.29) is 17.8 Å². The van der Waals surface area contributed by atoms with Gasteiger partial charge in [-0.25, -0.2) is 0 Å². The van der Waals surface area contributed by atoms with Crippen LogP contribution in [0.5, 0.6) is 0 Å². The summed E-state index contributed by atoms with van der Waals surface area (Å²) < 4.78 is 38.1. The van der Waals surface area contributed by atoms with Crippen LogP contribution in [0, 0.1) is 10.1 Å². The molecule has 116 valence electrons. The number of nitrogens with zero attached hydrogens (tertiary/aromatic N) is 2. The highest BCUT2D eigenvalue weighted by Crippen LogP contribution is 2.36. The molecule has 0 amide bonds. The average Bonchev–Trinajstić information content (AvgIpc) is 2.35. The van der Waals surface area contributed by atoms with Crippen LogP contribution in [-0.4, -0.2) is 30.1 Å². The van der Waals surface area contributed by atoms with Gasteiger partial charge in [-0.15, -0.1) is 0 Å². The predicted molar refractivity (Wildman–Crippen MR) is 71.2 cm³/mol. The topological polar surface area (TPSA) is 63.0 Å². The lowest BCUT2D eigenvalue weighted by Crippen LogP contribution is -2.99. The molecule has 21 heavy (non-hydrogen) atoms. The minimum atomic E-state index is -4.58. The van der Waals surface area contributed by atoms with E-state index >= 15 is 0 Å². The van der Waals surface area contributed by atoms with Crippen LogP contribution < -0.4 is 10.2 Å². The van der Waals surface area contributed by atoms with Crippen molar-refractivity contribution in [3.8, 4) is 0 Å². The van der Waals surface area contributed by atoms with Gasteiger partial charge in [0, 0.05) is 6.07 Å². The third kappa shape index (κ3) is 3.44. The fourth-order valence-corrected chi connectivity index (χ4v) is 2.76. The summed E-state index contributed by atoms with van der Waals surface area (Å²) in [5, 5.41) is 13.3. The highest BCUT2D eigenvalue weighted by molar-refractivity contribution is 5.65. The normalized spacial score (nSPS) is 23.2. The zero-order valence-corrected chi connectivity index (χ0v) is 11.7. The predicted octanol–water partition coefficient (Wildman–Crippen LogP) is 1.77. The number of nitro benzene ring substituents is 1. The van der Waals surface area contributed by atoms with E-state index in [1.165, 1.54) is 6.07 Å². The Hall–Kier alpha value is -1.83. The molecular formula is C13H17F3N3O2+. The van der Waals surface area contributed by atoms with Gasteiger partial charge in [-0.3, -0.25) is 10.1 Å². The molecule has 0 aliphatic carbocycles. The van der Waals surface area contributed by atoms with E-state index in [2.05, 4.69) is 5.32 Å². The molecule has 5 nitrogen and oxygen atoms in total. The summed E-state index contributed by atoms with van der Waals surface area (Å²) in [5.74, 6) is 0. The van der Waals surface area contributed by atoms with Crippen LogP contribution in [0.2, 0.25) is 0 Å². The summed E-state index contributed by atoms with van der Waals surface area (Å²) in [6, 6.07) is 3.18. The van der Waals surface area contributed by atoms with E-state index in [1.807, 2.05) is 13.8 Å². The van der Waals surface area contributed by atoms with Gasteiger partial charge < -0.3 is 10.2 Å². The second kappa shape index (κ2) is 5.51. The molecule has 1 aliphatic heterocycles. The maximum Gasteiger partial charge on any atom is 0.416 e. The van der Waals surface area contributed by atoms with Gasteiger partial charge >= 0.3 is 6.18 Å². The van der Waals surface area contributed by atoms with E-state index in [0.29, 0.717) is 19.2 Å². The fourth-order valence-electron chi connectivity index (χ4n) is 2.76. The standard InChI is InChI=1S/C13H16F3N3O2/c1-8-6-18(7-9(2)17-8)11-4-3-10(13(14,15)16)5-12(11)19(20)21/h3-5,8-9,17H,6-7H2,1-2H3/p+1/t8-,9+. The van der Waals surface area contributed by atoms with E-state index in [0.717, 1.165) is 6.07 Å². The first kappa shape index (κ1) is 15.6. The van der Waals surface area contributed by atoms with Crippen LogP contribution in [0.1, 0.15) is 19.4 Å². The molecule has 8 heteroatoms. The van der Waals surface area contributed by atoms with Gasteiger partial charge in [-0.2, -0.15) is 13.2 Å². The molecule has 1 aliphatic rings. The van der Waals surface area contributed by atoms with E-state index in [1.54, 1.807) is 4.90 Å². The van der Waals surface area contributed by atoms with Gasteiger partial charge in [0.05, 0.1) is 23.6 Å². The molecule has 0 aromatic heterocycles. The van der Waals surface area contributed by atoms with Crippen molar-refractivity contribution in [2.24, 2.45) is 0 Å². The number of hydrogen-bond acceptors (Lipinski definition) is 3. The third-order valence-electron chi connectivity index (χ3n) is 3.51. The number of nitro groups is 1. The number of piperazine rings is 1. The molecule has 1 aromatic carbocycles. The Morgan fingerprint density at radius 1 is 1.29 bits per heavy atom. The Kier molecular flexibility index (Phi) is 4.08. The van der Waals surface area contributed by atoms with Crippen molar-refractivity contribution in [1.29, 1.82) is 0 Å². The Labute approximate surface area is 119 Å². The van der Waals surface area contributed by atoms with Gasteiger partial charge in [-0.05, 0) is 26.0 Å². The van der Waals surface area contributed by atoms with Crippen molar-refractivity contribution in [3.05, 3.63) is 33.9 Å². The van der Waals surface area contributed by atoms with Crippen molar-refractivity contribution < 1.29 is 23.4 Å². The SMILES string of the molecule is C[C@@H]1CN(c2ccc(C(F)(F)F)cc2[N+](=O)[O-])C[C@H](C)[NH2+]1. The second-order valence-electron chi connectivity index (χ2n) is 5.51. The van der Waals surface area contributed by atoms with Gasteiger partial charge in [0.1, 0.15) is 17.8 Å². The first-order valence-corrected chi connectivity index (χ1v) is 6.64. The smallest absolute Gasteiger partial charge is 0.354 e. The maximum absolute atomic E-state index is 12.7. The lowest BCUT2D eigenvalue weighted by molar-refractivity contribution is -0.716. The van der Waals surface area contributed by atoms with Crippen molar-refractivity contribution in [2.45, 2.75) is 32.1 Å². The molecule has 1 saturated heterocycles. The maximum atomic E-state index is 12.7. The van der Waals surface area contributed by atoms with Gasteiger partial charge in [0.2, 0.25) is 0 Å². The third-order valence-corrected chi connectivity index (χ3v) is 3.51. The zero-order valence-electron chi connectivity index (χ0n) is 11.7. The number of rotatable bonds is 2. The first-order chi connectivity index (χ1) is 9.68. The van der Waals surface area contributed by atoms with Gasteiger partial charge in [0.25, 0.3) is 5.69 Å². The first-order valence-electron chi connectivity index (χ1n) is 6.64. The van der Waals surface area contributed by atoms with Crippen molar-refractivity contribution in [3.63, 3.8) is 0 Å². The number of benzene rings is 1. The number of hydrogen-bond donors (Lipinski definition) is 1. The van der Waals surface area contributed by atoms with Crippen molar-refractivity contribution in [1.82, 2.24) is 0 Å². The number of nitrogens with two attached hydrogens (primary N) is 1. The summed E-state index contributed by atoms with van der Waals surface area (Å²) in [5.41, 5.74) is -1.24. The van der Waals surface area contributed by atoms with Crippen LogP contribution in [0.25, 0.3) is 0 Å². The number of alkyl halides is 3. The minimum absolute atomic E-state index is 0.232. The second-order valence-corrected chi connectivity index (χ2v) is 5.51. The Bertz CT molecular complexity index is 538. The molecule has 2 rings (SSSR count). The largest absolute Gasteiger partial charge is 0.416 e. The lowest BCUT2D eigenvalue weighted by atomic mass is 10.1. The van der Waals surface area contributed by atoms with Crippen molar-refractivity contribution >= 4 is 11.4 Å². The molecule has 2 N–H and O–H groups in total. The van der Waals surface area contributed by atoms with Crippen LogP contribution in [-0.2, 0) is 6.18 Å². The lowest BCUT2D eigenvalue weighted by Gasteiger charge is -2.34. The van der Waals surface area contributed by atoms with Crippen LogP contribution >= 0.6 is 0 Å². The highest BCUT2D eigenvalue weighted by Gasteiger charge is 2.35. The van der Waals surface area contributed by atoms with E-state index in [9.17, 15) is 23.3 Å². The molecule has 1 fully saturated rings. The van der Waals surface area contributed by atoms with Gasteiger partial charge in [-0.1, -0.05) is 0 Å². The minimum Gasteiger partial charge on any atom is -0.354 e. The summed E-state index contributed by atoms with van der Waals surface area (Å²) >= 11 is 0. The van der Waals surface area contributed by atoms with E-state index < -0.39 is 22.4 Å². The number of anilines is 1. The number of quaternary nitrogens is 1. The molecule has 2 atom stereocenters. The molecule has 0 unspecified atom stereocenters. The molecule has 1 heterocycles. The molecule has 0 bridgehead atoms. The Morgan fingerprint density at radius 2 is 1.86 bits per heavy atom.